The SMILES string of the molecule is CCc1c(Cl)cc(C(=O)CNC)cc1OC. The molecule has 1 N–H and O–H groups in total. The third-order valence-electron chi connectivity index (χ3n) is 2.39. The lowest BCUT2D eigenvalue weighted by atomic mass is 10.1. The van der Waals surface area contributed by atoms with Crippen molar-refractivity contribution in [2.45, 2.75) is 13.3 Å². The fourth-order valence-electron chi connectivity index (χ4n) is 1.56. The van der Waals surface area contributed by atoms with E-state index in [-0.39, 0.29) is 5.78 Å². The van der Waals surface area contributed by atoms with Crippen LogP contribution in [0.3, 0.4) is 0 Å². The Bertz CT molecular complexity index is 391. The van der Waals surface area contributed by atoms with Gasteiger partial charge in [-0.05, 0) is 25.6 Å². The number of nitrogens with one attached hydrogen (secondary N) is 1. The van der Waals surface area contributed by atoms with Crippen molar-refractivity contribution >= 4 is 17.4 Å². The summed E-state index contributed by atoms with van der Waals surface area (Å²) in [7, 11) is 3.31. The minimum absolute atomic E-state index is 0.00496. The largest absolute Gasteiger partial charge is 0.496 e. The molecule has 0 saturated carbocycles. The van der Waals surface area contributed by atoms with Crippen molar-refractivity contribution in [3.63, 3.8) is 0 Å². The van der Waals surface area contributed by atoms with Crippen LogP contribution in [-0.4, -0.2) is 26.5 Å². The lowest BCUT2D eigenvalue weighted by molar-refractivity contribution is 0.0993. The number of ketones is 1. The highest BCUT2D eigenvalue weighted by Gasteiger charge is 2.12. The van der Waals surface area contributed by atoms with Crippen LogP contribution in [-0.2, 0) is 6.42 Å². The quantitative estimate of drug-likeness (QED) is 0.804. The molecule has 0 aromatic heterocycles. The zero-order chi connectivity index (χ0) is 12.1. The summed E-state index contributed by atoms with van der Waals surface area (Å²) in [6.45, 7) is 2.30. The van der Waals surface area contributed by atoms with Gasteiger partial charge in [0.1, 0.15) is 5.75 Å². The summed E-state index contributed by atoms with van der Waals surface area (Å²) < 4.78 is 5.23. The molecular formula is C12H16ClNO2. The highest BCUT2D eigenvalue weighted by Crippen LogP contribution is 2.29. The van der Waals surface area contributed by atoms with Crippen molar-refractivity contribution in [3.05, 3.63) is 28.3 Å². The maximum atomic E-state index is 11.7. The Morgan fingerprint density at radius 1 is 1.50 bits per heavy atom. The number of rotatable bonds is 5. The summed E-state index contributed by atoms with van der Waals surface area (Å²) in [6.07, 6.45) is 0.780. The fraction of sp³-hybridized carbons (Fsp3) is 0.417. The molecule has 1 aromatic rings. The van der Waals surface area contributed by atoms with Gasteiger partial charge in [0.15, 0.2) is 5.78 Å². The van der Waals surface area contributed by atoms with Crippen molar-refractivity contribution < 1.29 is 9.53 Å². The molecule has 4 heteroatoms. The van der Waals surface area contributed by atoms with E-state index in [2.05, 4.69) is 5.32 Å². The average molecular weight is 242 g/mol. The number of benzene rings is 1. The van der Waals surface area contributed by atoms with Gasteiger partial charge in [-0.3, -0.25) is 4.79 Å². The standard InChI is InChI=1S/C12H16ClNO2/c1-4-9-10(13)5-8(6-12(9)16-3)11(15)7-14-2/h5-6,14H,4,7H2,1-3H3. The normalized spacial score (nSPS) is 10.2. The smallest absolute Gasteiger partial charge is 0.176 e. The van der Waals surface area contributed by atoms with E-state index in [0.717, 1.165) is 12.0 Å². The maximum Gasteiger partial charge on any atom is 0.176 e. The number of methoxy groups -OCH3 is 1. The molecule has 0 bridgehead atoms. The fourth-order valence-corrected chi connectivity index (χ4v) is 1.90. The molecule has 88 valence electrons. The molecule has 0 fully saturated rings. The van der Waals surface area contributed by atoms with Gasteiger partial charge in [-0.1, -0.05) is 18.5 Å². The third-order valence-corrected chi connectivity index (χ3v) is 2.72. The van der Waals surface area contributed by atoms with E-state index in [4.69, 9.17) is 16.3 Å². The maximum absolute atomic E-state index is 11.7. The van der Waals surface area contributed by atoms with Gasteiger partial charge in [0.25, 0.3) is 0 Å². The third kappa shape index (κ3) is 2.74. The van der Waals surface area contributed by atoms with Crippen LogP contribution in [0.15, 0.2) is 12.1 Å². The molecule has 0 aliphatic rings. The number of likely N-dealkylation sites (N-methyl/N-ethyl adjacent to an activating group) is 1. The Balaban J connectivity index is 3.15. The van der Waals surface area contributed by atoms with E-state index in [1.54, 1.807) is 26.3 Å². The summed E-state index contributed by atoms with van der Waals surface area (Å²) in [5, 5.41) is 3.40. The van der Waals surface area contributed by atoms with E-state index in [1.807, 2.05) is 6.92 Å². The Kier molecular flexibility index (Phi) is 4.77. The Hall–Kier alpha value is -1.06. The van der Waals surface area contributed by atoms with Crippen LogP contribution in [0.1, 0.15) is 22.8 Å². The highest BCUT2D eigenvalue weighted by atomic mass is 35.5. The lowest BCUT2D eigenvalue weighted by Crippen LogP contribution is -2.18. The van der Waals surface area contributed by atoms with Gasteiger partial charge in [-0.2, -0.15) is 0 Å². The van der Waals surface area contributed by atoms with Gasteiger partial charge in [0.2, 0.25) is 0 Å². The van der Waals surface area contributed by atoms with Crippen LogP contribution in [0, 0.1) is 0 Å². The number of Topliss-reactive ketones (excluding diaryl/α,β-unsaturated/α-hetero) is 1. The zero-order valence-electron chi connectivity index (χ0n) is 9.76. The van der Waals surface area contributed by atoms with Crippen molar-refractivity contribution in [2.24, 2.45) is 0 Å². The number of halogens is 1. The van der Waals surface area contributed by atoms with Gasteiger partial charge in [0, 0.05) is 16.1 Å². The summed E-state index contributed by atoms with van der Waals surface area (Å²) in [6, 6.07) is 3.44. The van der Waals surface area contributed by atoms with E-state index < -0.39 is 0 Å². The van der Waals surface area contributed by atoms with Crippen molar-refractivity contribution in [3.8, 4) is 5.75 Å². The lowest BCUT2D eigenvalue weighted by Gasteiger charge is -2.11. The highest BCUT2D eigenvalue weighted by molar-refractivity contribution is 6.32. The monoisotopic (exact) mass is 241 g/mol. The molecule has 0 aliphatic heterocycles. The predicted octanol–water partition coefficient (Wildman–Crippen LogP) is 2.31. The van der Waals surface area contributed by atoms with E-state index in [9.17, 15) is 4.79 Å². The van der Waals surface area contributed by atoms with Crippen LogP contribution in [0.25, 0.3) is 0 Å². The molecule has 0 atom stereocenters. The Morgan fingerprint density at radius 3 is 2.69 bits per heavy atom. The molecule has 0 radical (unpaired) electrons. The molecule has 0 unspecified atom stereocenters. The summed E-state index contributed by atoms with van der Waals surface area (Å²) in [4.78, 5) is 11.7. The van der Waals surface area contributed by atoms with E-state index in [0.29, 0.717) is 22.9 Å². The first kappa shape index (κ1) is 13.0. The van der Waals surface area contributed by atoms with Crippen LogP contribution in [0.2, 0.25) is 5.02 Å². The molecule has 0 aliphatic carbocycles. The van der Waals surface area contributed by atoms with Crippen molar-refractivity contribution in [1.82, 2.24) is 5.32 Å². The summed E-state index contributed by atoms with van der Waals surface area (Å²) in [5.74, 6) is 0.680. The van der Waals surface area contributed by atoms with Crippen LogP contribution in [0.5, 0.6) is 5.75 Å². The molecular weight excluding hydrogens is 226 g/mol. The average Bonchev–Trinajstić information content (AvgIpc) is 2.28. The van der Waals surface area contributed by atoms with Gasteiger partial charge in [0.05, 0.1) is 13.7 Å². The molecule has 0 spiro atoms. The van der Waals surface area contributed by atoms with Crippen LogP contribution < -0.4 is 10.1 Å². The van der Waals surface area contributed by atoms with Gasteiger partial charge in [-0.15, -0.1) is 0 Å². The van der Waals surface area contributed by atoms with Crippen LogP contribution in [0.4, 0.5) is 0 Å². The minimum Gasteiger partial charge on any atom is -0.496 e. The van der Waals surface area contributed by atoms with Gasteiger partial charge >= 0.3 is 0 Å². The number of hydrogen-bond acceptors (Lipinski definition) is 3. The first-order chi connectivity index (χ1) is 7.63. The Labute approximate surface area is 101 Å². The predicted molar refractivity (Wildman–Crippen MR) is 65.6 cm³/mol. The van der Waals surface area contributed by atoms with Crippen LogP contribution >= 0.6 is 11.6 Å². The van der Waals surface area contributed by atoms with E-state index in [1.165, 1.54) is 0 Å². The first-order valence-corrected chi connectivity index (χ1v) is 5.56. The molecule has 16 heavy (non-hydrogen) atoms. The second-order valence-corrected chi connectivity index (χ2v) is 3.85. The Morgan fingerprint density at radius 2 is 2.19 bits per heavy atom. The van der Waals surface area contributed by atoms with Crippen molar-refractivity contribution in [1.29, 1.82) is 0 Å². The molecule has 0 heterocycles. The molecule has 1 aromatic carbocycles. The minimum atomic E-state index is 0.00496. The van der Waals surface area contributed by atoms with Crippen molar-refractivity contribution in [2.75, 3.05) is 20.7 Å². The number of carbonyl (C=O) groups is 1. The number of ether oxygens (including phenoxy) is 1. The molecule has 0 saturated heterocycles. The number of hydrogen-bond donors (Lipinski definition) is 1. The summed E-state index contributed by atoms with van der Waals surface area (Å²) in [5.41, 5.74) is 1.51. The zero-order valence-corrected chi connectivity index (χ0v) is 10.5. The molecule has 3 nitrogen and oxygen atoms in total. The second-order valence-electron chi connectivity index (χ2n) is 3.45. The number of carbonyl (C=O) groups excluding carboxylic acids is 1. The first-order valence-electron chi connectivity index (χ1n) is 5.18. The van der Waals surface area contributed by atoms with Gasteiger partial charge < -0.3 is 10.1 Å². The summed E-state index contributed by atoms with van der Waals surface area (Å²) >= 11 is 6.11. The molecule has 0 amide bonds. The topological polar surface area (TPSA) is 38.3 Å². The van der Waals surface area contributed by atoms with E-state index >= 15 is 0 Å². The second kappa shape index (κ2) is 5.87. The molecule has 1 rings (SSSR count). The van der Waals surface area contributed by atoms with Gasteiger partial charge in [-0.25, -0.2) is 0 Å².